The van der Waals surface area contributed by atoms with Crippen LogP contribution < -0.4 is 10.0 Å². The molecule has 2 N–H and O–H groups in total. The van der Waals surface area contributed by atoms with Gasteiger partial charge in [-0.2, -0.15) is 0 Å². The Balaban J connectivity index is 1.67. The van der Waals surface area contributed by atoms with E-state index in [0.29, 0.717) is 17.2 Å². The van der Waals surface area contributed by atoms with Crippen LogP contribution in [0.5, 0.6) is 0 Å². The van der Waals surface area contributed by atoms with Gasteiger partial charge in [0.25, 0.3) is 10.0 Å². The molecule has 1 amide bonds. The van der Waals surface area contributed by atoms with Crippen LogP contribution in [0.25, 0.3) is 6.08 Å². The summed E-state index contributed by atoms with van der Waals surface area (Å²) in [6, 6.07) is 16.9. The second-order valence-electron chi connectivity index (χ2n) is 6.30. The molecule has 0 aliphatic rings. The molecule has 0 spiro atoms. The number of aromatic nitrogens is 2. The number of aryl methyl sites for hydroxylation is 2. The number of hydrogen-bond acceptors (Lipinski definition) is 5. The first-order valence-electron chi connectivity index (χ1n) is 8.81. The highest BCUT2D eigenvalue weighted by molar-refractivity contribution is 7.92. The molecule has 8 heteroatoms. The van der Waals surface area contributed by atoms with Crippen LogP contribution in [0.1, 0.15) is 17.1 Å². The molecule has 1 heterocycles. The summed E-state index contributed by atoms with van der Waals surface area (Å²) in [4.78, 5) is 20.3. The maximum atomic E-state index is 12.5. The Bertz CT molecular complexity index is 1120. The lowest BCUT2D eigenvalue weighted by Gasteiger charge is -2.09. The van der Waals surface area contributed by atoms with Crippen molar-refractivity contribution < 1.29 is 13.2 Å². The van der Waals surface area contributed by atoms with Crippen LogP contribution in [-0.2, 0) is 14.8 Å². The van der Waals surface area contributed by atoms with Crippen LogP contribution in [0.15, 0.2) is 71.6 Å². The molecule has 1 aromatic heterocycles. The van der Waals surface area contributed by atoms with Crippen molar-refractivity contribution >= 4 is 33.5 Å². The first-order chi connectivity index (χ1) is 13.8. The minimum atomic E-state index is -3.81. The number of carbonyl (C=O) groups is 1. The van der Waals surface area contributed by atoms with Gasteiger partial charge >= 0.3 is 0 Å². The molecule has 0 atom stereocenters. The smallest absolute Gasteiger partial charge is 0.263 e. The summed E-state index contributed by atoms with van der Waals surface area (Å²) >= 11 is 0. The number of carbonyl (C=O) groups excluding carboxylic acids is 1. The van der Waals surface area contributed by atoms with Gasteiger partial charge in [0.2, 0.25) is 5.91 Å². The molecule has 148 valence electrons. The maximum Gasteiger partial charge on any atom is 0.263 e. The third kappa shape index (κ3) is 5.73. The van der Waals surface area contributed by atoms with Gasteiger partial charge in [0.05, 0.1) is 4.90 Å². The summed E-state index contributed by atoms with van der Waals surface area (Å²) in [6.07, 6.45) is 3.12. The second-order valence-corrected chi connectivity index (χ2v) is 7.99. The van der Waals surface area contributed by atoms with Gasteiger partial charge in [0, 0.05) is 23.5 Å². The molecule has 0 saturated carbocycles. The Hall–Kier alpha value is -3.52. The number of benzene rings is 2. The van der Waals surface area contributed by atoms with Gasteiger partial charge in [-0.25, -0.2) is 18.4 Å². The number of hydrogen-bond donors (Lipinski definition) is 2. The minimum Gasteiger partial charge on any atom is -0.323 e. The van der Waals surface area contributed by atoms with Gasteiger partial charge in [0.1, 0.15) is 11.6 Å². The Morgan fingerprint density at radius 3 is 2.31 bits per heavy atom. The fourth-order valence-corrected chi connectivity index (χ4v) is 3.60. The van der Waals surface area contributed by atoms with Crippen LogP contribution >= 0.6 is 0 Å². The summed E-state index contributed by atoms with van der Waals surface area (Å²) in [7, 11) is -3.81. The van der Waals surface area contributed by atoms with Gasteiger partial charge in [-0.1, -0.05) is 30.3 Å². The lowest BCUT2D eigenvalue weighted by molar-refractivity contribution is -0.111. The van der Waals surface area contributed by atoms with E-state index in [1.54, 1.807) is 26.0 Å². The van der Waals surface area contributed by atoms with E-state index in [9.17, 15) is 13.2 Å². The number of anilines is 2. The van der Waals surface area contributed by atoms with E-state index < -0.39 is 10.0 Å². The standard InChI is InChI=1S/C21H20N4O3S/c1-15-14-20(23-16(2)22-15)25-29(27,28)19-11-9-18(10-12-19)24-21(26)13-8-17-6-4-3-5-7-17/h3-14H,1-2H3,(H,24,26)(H,22,23,25)/b13-8+. The number of nitrogens with zero attached hydrogens (tertiary/aromatic N) is 2. The van der Waals surface area contributed by atoms with Crippen LogP contribution in [0.3, 0.4) is 0 Å². The first-order valence-corrected chi connectivity index (χ1v) is 10.3. The minimum absolute atomic E-state index is 0.0595. The lowest BCUT2D eigenvalue weighted by Crippen LogP contribution is -2.15. The van der Waals surface area contributed by atoms with Gasteiger partial charge in [0.15, 0.2) is 0 Å². The summed E-state index contributed by atoms with van der Waals surface area (Å²) in [5.74, 6) is 0.372. The van der Waals surface area contributed by atoms with E-state index in [1.165, 1.54) is 30.3 Å². The number of rotatable bonds is 6. The van der Waals surface area contributed by atoms with Gasteiger partial charge in [-0.3, -0.25) is 9.52 Å². The molecule has 0 bridgehead atoms. The Morgan fingerprint density at radius 1 is 0.966 bits per heavy atom. The SMILES string of the molecule is Cc1cc(NS(=O)(=O)c2ccc(NC(=O)/C=C/c3ccccc3)cc2)nc(C)n1. The molecular weight excluding hydrogens is 388 g/mol. The highest BCUT2D eigenvalue weighted by atomic mass is 32.2. The molecule has 7 nitrogen and oxygen atoms in total. The summed E-state index contributed by atoms with van der Waals surface area (Å²) in [5, 5.41) is 2.69. The molecule has 0 fully saturated rings. The van der Waals surface area contributed by atoms with E-state index in [1.807, 2.05) is 30.3 Å². The largest absolute Gasteiger partial charge is 0.323 e. The van der Waals surface area contributed by atoms with Crippen molar-refractivity contribution in [1.82, 2.24) is 9.97 Å². The highest BCUT2D eigenvalue weighted by Crippen LogP contribution is 2.18. The van der Waals surface area contributed by atoms with Crippen molar-refractivity contribution in [2.75, 3.05) is 10.0 Å². The molecule has 0 aliphatic carbocycles. The monoisotopic (exact) mass is 408 g/mol. The normalized spacial score (nSPS) is 11.4. The zero-order valence-corrected chi connectivity index (χ0v) is 16.8. The van der Waals surface area contributed by atoms with E-state index in [0.717, 1.165) is 5.56 Å². The molecule has 0 aliphatic heterocycles. The maximum absolute atomic E-state index is 12.5. The molecule has 3 rings (SSSR count). The topological polar surface area (TPSA) is 101 Å². The van der Waals surface area contributed by atoms with Crippen LogP contribution in [-0.4, -0.2) is 24.3 Å². The Morgan fingerprint density at radius 2 is 1.66 bits per heavy atom. The predicted octanol–water partition coefficient (Wildman–Crippen LogP) is 3.55. The quantitative estimate of drug-likeness (QED) is 0.608. The van der Waals surface area contributed by atoms with Gasteiger partial charge < -0.3 is 5.32 Å². The van der Waals surface area contributed by atoms with E-state index in [2.05, 4.69) is 20.0 Å². The number of sulfonamides is 1. The van der Waals surface area contributed by atoms with Crippen LogP contribution in [0.2, 0.25) is 0 Å². The average Bonchev–Trinajstić information content (AvgIpc) is 2.66. The molecule has 0 unspecified atom stereocenters. The van der Waals surface area contributed by atoms with Gasteiger partial charge in [-0.15, -0.1) is 0 Å². The van der Waals surface area contributed by atoms with E-state index >= 15 is 0 Å². The van der Waals surface area contributed by atoms with Crippen molar-refractivity contribution in [3.05, 3.63) is 83.8 Å². The Kier molecular flexibility index (Phi) is 6.04. The number of amides is 1. The molecule has 0 radical (unpaired) electrons. The molecule has 29 heavy (non-hydrogen) atoms. The van der Waals surface area contributed by atoms with Crippen molar-refractivity contribution in [2.24, 2.45) is 0 Å². The third-order valence-electron chi connectivity index (χ3n) is 3.86. The predicted molar refractivity (Wildman–Crippen MR) is 113 cm³/mol. The van der Waals surface area contributed by atoms with Crippen molar-refractivity contribution in [3.8, 4) is 0 Å². The first kappa shape index (κ1) is 20.2. The summed E-state index contributed by atoms with van der Waals surface area (Å²) in [6.45, 7) is 3.45. The van der Waals surface area contributed by atoms with Gasteiger partial charge in [-0.05, 0) is 49.8 Å². The zero-order valence-electron chi connectivity index (χ0n) is 16.0. The molecule has 3 aromatic rings. The van der Waals surface area contributed by atoms with Crippen LogP contribution in [0.4, 0.5) is 11.5 Å². The third-order valence-corrected chi connectivity index (χ3v) is 5.23. The van der Waals surface area contributed by atoms with E-state index in [-0.39, 0.29) is 16.6 Å². The summed E-state index contributed by atoms with van der Waals surface area (Å²) in [5.41, 5.74) is 2.06. The fraction of sp³-hybridized carbons (Fsp3) is 0.0952. The zero-order chi connectivity index (χ0) is 20.9. The summed E-state index contributed by atoms with van der Waals surface area (Å²) < 4.78 is 27.5. The molecule has 0 saturated heterocycles. The number of nitrogens with one attached hydrogen (secondary N) is 2. The van der Waals surface area contributed by atoms with Crippen molar-refractivity contribution in [1.29, 1.82) is 0 Å². The highest BCUT2D eigenvalue weighted by Gasteiger charge is 2.15. The van der Waals surface area contributed by atoms with Crippen molar-refractivity contribution in [3.63, 3.8) is 0 Å². The lowest BCUT2D eigenvalue weighted by atomic mass is 10.2. The molecule has 2 aromatic carbocycles. The molecular formula is C21H20N4O3S. The Labute approximate surface area is 169 Å². The van der Waals surface area contributed by atoms with E-state index in [4.69, 9.17) is 0 Å². The van der Waals surface area contributed by atoms with Crippen LogP contribution in [0, 0.1) is 13.8 Å². The average molecular weight is 408 g/mol. The second kappa shape index (κ2) is 8.66. The van der Waals surface area contributed by atoms with Crippen molar-refractivity contribution in [2.45, 2.75) is 18.7 Å². The fourth-order valence-electron chi connectivity index (χ4n) is 2.60.